The van der Waals surface area contributed by atoms with Gasteiger partial charge in [0.05, 0.1) is 6.10 Å². The maximum absolute atomic E-state index is 9.24. The van der Waals surface area contributed by atoms with Gasteiger partial charge in [0.2, 0.25) is 0 Å². The fraction of sp³-hybridized carbons (Fsp3) is 0.571. The number of benzene rings is 1. The Labute approximate surface area is 98.3 Å². The van der Waals surface area contributed by atoms with Crippen LogP contribution in [0.5, 0.6) is 5.75 Å². The monoisotopic (exact) mass is 222 g/mol. The Hall–Kier alpha value is -1.02. The van der Waals surface area contributed by atoms with Crippen molar-refractivity contribution in [1.29, 1.82) is 0 Å². The van der Waals surface area contributed by atoms with Crippen molar-refractivity contribution in [3.8, 4) is 5.75 Å². The third-order valence-corrected chi connectivity index (χ3v) is 2.42. The summed E-state index contributed by atoms with van der Waals surface area (Å²) in [6.07, 6.45) is -0.436. The molecule has 0 saturated carbocycles. The number of aryl methyl sites for hydroxylation is 1. The van der Waals surface area contributed by atoms with Crippen molar-refractivity contribution in [1.82, 2.24) is 0 Å². The summed E-state index contributed by atoms with van der Waals surface area (Å²) in [4.78, 5) is 0. The summed E-state index contributed by atoms with van der Waals surface area (Å²) in [7, 11) is 0. The summed E-state index contributed by atoms with van der Waals surface area (Å²) in [5.41, 5.74) is 2.47. The summed E-state index contributed by atoms with van der Waals surface area (Å²) in [6.45, 7) is 10.6. The van der Waals surface area contributed by atoms with Gasteiger partial charge in [-0.1, -0.05) is 38.5 Å². The van der Waals surface area contributed by atoms with Crippen LogP contribution in [0.4, 0.5) is 0 Å². The van der Waals surface area contributed by atoms with Crippen LogP contribution in [-0.2, 0) is 5.41 Å². The van der Waals surface area contributed by atoms with Crippen LogP contribution >= 0.6 is 0 Å². The van der Waals surface area contributed by atoms with Crippen LogP contribution in [-0.4, -0.2) is 17.8 Å². The van der Waals surface area contributed by atoms with Gasteiger partial charge in [-0.2, -0.15) is 0 Å². The fourth-order valence-corrected chi connectivity index (χ4v) is 1.57. The van der Waals surface area contributed by atoms with Gasteiger partial charge >= 0.3 is 0 Å². The predicted molar refractivity (Wildman–Crippen MR) is 67.1 cm³/mol. The van der Waals surface area contributed by atoms with Gasteiger partial charge in [-0.15, -0.1) is 0 Å². The quantitative estimate of drug-likeness (QED) is 0.851. The van der Waals surface area contributed by atoms with E-state index in [4.69, 9.17) is 4.74 Å². The smallest absolute Gasteiger partial charge is 0.123 e. The van der Waals surface area contributed by atoms with Crippen molar-refractivity contribution in [2.45, 2.75) is 46.1 Å². The normalized spacial score (nSPS) is 13.6. The van der Waals surface area contributed by atoms with Crippen molar-refractivity contribution in [3.05, 3.63) is 29.3 Å². The molecule has 0 unspecified atom stereocenters. The summed E-state index contributed by atoms with van der Waals surface area (Å²) in [5.74, 6) is 0.874. The van der Waals surface area contributed by atoms with E-state index in [0.717, 1.165) is 5.75 Å². The second-order valence-electron chi connectivity index (χ2n) is 5.41. The Morgan fingerprint density at radius 1 is 1.31 bits per heavy atom. The predicted octanol–water partition coefficient (Wildman–Crippen LogP) is 3.05. The van der Waals surface area contributed by atoms with E-state index in [-0.39, 0.29) is 5.41 Å². The molecule has 1 aromatic rings. The molecular formula is C14H22O2. The third-order valence-electron chi connectivity index (χ3n) is 2.42. The lowest BCUT2D eigenvalue weighted by Crippen LogP contribution is -2.17. The molecule has 1 rings (SSSR count). The van der Waals surface area contributed by atoms with Crippen LogP contribution in [0.3, 0.4) is 0 Å². The molecule has 2 nitrogen and oxygen atoms in total. The van der Waals surface area contributed by atoms with Crippen molar-refractivity contribution in [2.24, 2.45) is 0 Å². The van der Waals surface area contributed by atoms with Crippen LogP contribution in [0.2, 0.25) is 0 Å². The number of hydrogen-bond donors (Lipinski definition) is 1. The minimum Gasteiger partial charge on any atom is -0.491 e. The van der Waals surface area contributed by atoms with Crippen LogP contribution in [0.15, 0.2) is 18.2 Å². The van der Waals surface area contributed by atoms with Gasteiger partial charge in [-0.05, 0) is 30.9 Å². The van der Waals surface area contributed by atoms with E-state index in [1.54, 1.807) is 6.92 Å². The molecule has 0 fully saturated rings. The molecule has 0 aliphatic heterocycles. The van der Waals surface area contributed by atoms with Crippen LogP contribution in [0.25, 0.3) is 0 Å². The highest BCUT2D eigenvalue weighted by Crippen LogP contribution is 2.32. The fourth-order valence-electron chi connectivity index (χ4n) is 1.57. The van der Waals surface area contributed by atoms with Crippen LogP contribution in [0.1, 0.15) is 38.8 Å². The zero-order chi connectivity index (χ0) is 12.3. The molecule has 0 aromatic heterocycles. The molecule has 0 aliphatic carbocycles. The summed E-state index contributed by atoms with van der Waals surface area (Å²) in [5, 5.41) is 9.24. The highest BCUT2D eigenvalue weighted by Gasteiger charge is 2.19. The Morgan fingerprint density at radius 2 is 1.94 bits per heavy atom. The molecule has 0 aliphatic rings. The van der Waals surface area contributed by atoms with E-state index in [1.807, 2.05) is 12.1 Å². The Balaban J connectivity index is 2.99. The van der Waals surface area contributed by atoms with E-state index >= 15 is 0 Å². The second-order valence-corrected chi connectivity index (χ2v) is 5.41. The van der Waals surface area contributed by atoms with Crippen LogP contribution in [0, 0.1) is 6.92 Å². The first kappa shape index (κ1) is 13.0. The molecule has 1 atom stereocenters. The molecule has 0 radical (unpaired) electrons. The second kappa shape index (κ2) is 4.88. The molecule has 0 spiro atoms. The Kier molecular flexibility index (Phi) is 3.98. The van der Waals surface area contributed by atoms with Gasteiger partial charge in [0.25, 0.3) is 0 Å². The Bertz CT molecular complexity index is 348. The van der Waals surface area contributed by atoms with E-state index in [2.05, 4.69) is 33.8 Å². The molecule has 0 heterocycles. The van der Waals surface area contributed by atoms with Crippen molar-refractivity contribution in [3.63, 3.8) is 0 Å². The van der Waals surface area contributed by atoms with Gasteiger partial charge in [-0.25, -0.2) is 0 Å². The minimum atomic E-state index is -0.436. The topological polar surface area (TPSA) is 29.5 Å². The average molecular weight is 222 g/mol. The zero-order valence-electron chi connectivity index (χ0n) is 10.9. The van der Waals surface area contributed by atoms with Gasteiger partial charge in [0.15, 0.2) is 0 Å². The lowest BCUT2D eigenvalue weighted by Gasteiger charge is -2.23. The molecule has 16 heavy (non-hydrogen) atoms. The highest BCUT2D eigenvalue weighted by atomic mass is 16.5. The number of ether oxygens (including phenoxy) is 1. The highest BCUT2D eigenvalue weighted by molar-refractivity contribution is 5.41. The standard InChI is InChI=1S/C14H22O2/c1-10-6-7-13(16-9-11(2)15)12(8-10)14(3,4)5/h6-8,11,15H,9H2,1-5H3/t11-/m0/s1. The van der Waals surface area contributed by atoms with E-state index < -0.39 is 6.10 Å². The molecule has 2 heteroatoms. The van der Waals surface area contributed by atoms with Crippen molar-refractivity contribution >= 4 is 0 Å². The summed E-state index contributed by atoms with van der Waals surface area (Å²) >= 11 is 0. The number of rotatable bonds is 3. The first-order valence-corrected chi connectivity index (χ1v) is 5.72. The summed E-state index contributed by atoms with van der Waals surface area (Å²) < 4.78 is 5.63. The zero-order valence-corrected chi connectivity index (χ0v) is 10.9. The molecule has 1 aromatic carbocycles. The van der Waals surface area contributed by atoms with Gasteiger partial charge in [0, 0.05) is 0 Å². The van der Waals surface area contributed by atoms with Gasteiger partial charge in [0.1, 0.15) is 12.4 Å². The lowest BCUT2D eigenvalue weighted by atomic mass is 9.85. The van der Waals surface area contributed by atoms with Crippen LogP contribution < -0.4 is 4.74 Å². The third kappa shape index (κ3) is 3.53. The van der Waals surface area contributed by atoms with Gasteiger partial charge in [-0.3, -0.25) is 0 Å². The molecule has 0 bridgehead atoms. The van der Waals surface area contributed by atoms with E-state index in [0.29, 0.717) is 6.61 Å². The Morgan fingerprint density at radius 3 is 2.44 bits per heavy atom. The number of hydrogen-bond acceptors (Lipinski definition) is 2. The van der Waals surface area contributed by atoms with Gasteiger partial charge < -0.3 is 9.84 Å². The first-order valence-electron chi connectivity index (χ1n) is 5.72. The number of aliphatic hydroxyl groups is 1. The first-order chi connectivity index (χ1) is 7.30. The molecule has 0 saturated heterocycles. The van der Waals surface area contributed by atoms with E-state index in [1.165, 1.54) is 11.1 Å². The van der Waals surface area contributed by atoms with E-state index in [9.17, 15) is 5.11 Å². The molecular weight excluding hydrogens is 200 g/mol. The molecule has 90 valence electrons. The maximum atomic E-state index is 9.24. The maximum Gasteiger partial charge on any atom is 0.123 e. The SMILES string of the molecule is Cc1ccc(OC[C@H](C)O)c(C(C)(C)C)c1. The summed E-state index contributed by atoms with van der Waals surface area (Å²) in [6, 6.07) is 6.17. The number of aliphatic hydroxyl groups excluding tert-OH is 1. The minimum absolute atomic E-state index is 0.0556. The largest absolute Gasteiger partial charge is 0.491 e. The van der Waals surface area contributed by atoms with Crippen molar-refractivity contribution in [2.75, 3.05) is 6.61 Å². The average Bonchev–Trinajstić information content (AvgIpc) is 2.14. The van der Waals surface area contributed by atoms with Crippen molar-refractivity contribution < 1.29 is 9.84 Å². The molecule has 0 amide bonds. The molecule has 1 N–H and O–H groups in total. The lowest BCUT2D eigenvalue weighted by molar-refractivity contribution is 0.121.